The van der Waals surface area contributed by atoms with Crippen molar-refractivity contribution in [2.75, 3.05) is 7.05 Å². The van der Waals surface area contributed by atoms with Crippen molar-refractivity contribution in [1.29, 1.82) is 0 Å². The molecule has 94 valence electrons. The molecule has 18 heavy (non-hydrogen) atoms. The Morgan fingerprint density at radius 1 is 1.39 bits per heavy atom. The van der Waals surface area contributed by atoms with Crippen molar-refractivity contribution < 1.29 is 9.90 Å². The van der Waals surface area contributed by atoms with Crippen LogP contribution in [0.3, 0.4) is 0 Å². The molecule has 0 saturated carbocycles. The van der Waals surface area contributed by atoms with Gasteiger partial charge < -0.3 is 10.4 Å². The molecule has 4 nitrogen and oxygen atoms in total. The van der Waals surface area contributed by atoms with Crippen LogP contribution in [0.2, 0.25) is 0 Å². The molecule has 2 aromatic rings. The second kappa shape index (κ2) is 5.29. The van der Waals surface area contributed by atoms with Gasteiger partial charge in [-0.1, -0.05) is 30.3 Å². The SMILES string of the molecule is CNC(C(=O)O)c1sc(-c2ccccc2)nc1C. The van der Waals surface area contributed by atoms with E-state index in [1.165, 1.54) is 11.3 Å². The number of carboxylic acids is 1. The van der Waals surface area contributed by atoms with Crippen LogP contribution in [0.15, 0.2) is 30.3 Å². The molecule has 0 bridgehead atoms. The Balaban J connectivity index is 2.41. The highest BCUT2D eigenvalue weighted by atomic mass is 32.1. The van der Waals surface area contributed by atoms with E-state index < -0.39 is 12.0 Å². The first-order chi connectivity index (χ1) is 8.63. The number of carboxylic acid groups (broad SMARTS) is 1. The normalized spacial score (nSPS) is 12.3. The predicted molar refractivity (Wildman–Crippen MR) is 71.7 cm³/mol. The number of aliphatic carboxylic acids is 1. The Kier molecular flexibility index (Phi) is 3.74. The van der Waals surface area contributed by atoms with Gasteiger partial charge in [0, 0.05) is 5.56 Å². The molecule has 0 fully saturated rings. The molecular formula is C13H14N2O2S. The van der Waals surface area contributed by atoms with Crippen molar-refractivity contribution in [2.45, 2.75) is 13.0 Å². The number of nitrogens with one attached hydrogen (secondary N) is 1. The topological polar surface area (TPSA) is 62.2 Å². The van der Waals surface area contributed by atoms with Gasteiger partial charge in [0.2, 0.25) is 0 Å². The molecule has 0 saturated heterocycles. The summed E-state index contributed by atoms with van der Waals surface area (Å²) in [6.07, 6.45) is 0. The predicted octanol–water partition coefficient (Wildman–Crippen LogP) is 2.46. The largest absolute Gasteiger partial charge is 0.480 e. The third kappa shape index (κ3) is 2.42. The van der Waals surface area contributed by atoms with Gasteiger partial charge in [0.1, 0.15) is 11.0 Å². The summed E-state index contributed by atoms with van der Waals surface area (Å²) in [6.45, 7) is 1.84. The first-order valence-corrected chi connectivity index (χ1v) is 6.38. The van der Waals surface area contributed by atoms with Crippen LogP contribution in [-0.4, -0.2) is 23.1 Å². The van der Waals surface area contributed by atoms with Crippen LogP contribution in [0, 0.1) is 6.92 Å². The fraction of sp³-hybridized carbons (Fsp3) is 0.231. The van der Waals surface area contributed by atoms with Crippen molar-refractivity contribution in [1.82, 2.24) is 10.3 Å². The van der Waals surface area contributed by atoms with Gasteiger partial charge in [-0.15, -0.1) is 11.3 Å². The van der Waals surface area contributed by atoms with Crippen molar-refractivity contribution in [2.24, 2.45) is 0 Å². The summed E-state index contributed by atoms with van der Waals surface area (Å²) >= 11 is 1.42. The highest BCUT2D eigenvalue weighted by Crippen LogP contribution is 2.31. The average Bonchev–Trinajstić information content (AvgIpc) is 2.73. The molecule has 1 aromatic heterocycles. The smallest absolute Gasteiger partial charge is 0.326 e. The summed E-state index contributed by atoms with van der Waals surface area (Å²) in [4.78, 5) is 16.3. The summed E-state index contributed by atoms with van der Waals surface area (Å²) in [5, 5.41) is 12.8. The van der Waals surface area contributed by atoms with Crippen molar-refractivity contribution in [3.8, 4) is 10.6 Å². The van der Waals surface area contributed by atoms with Gasteiger partial charge in [-0.3, -0.25) is 4.79 Å². The molecule has 2 N–H and O–H groups in total. The van der Waals surface area contributed by atoms with Crippen LogP contribution in [0.5, 0.6) is 0 Å². The standard InChI is InChI=1S/C13H14N2O2S/c1-8-11(10(14-2)13(16)17)18-12(15-8)9-6-4-3-5-7-9/h3-7,10,14H,1-2H3,(H,16,17). The molecule has 0 spiro atoms. The summed E-state index contributed by atoms with van der Waals surface area (Å²) in [6, 6.07) is 9.07. The lowest BCUT2D eigenvalue weighted by atomic mass is 10.2. The van der Waals surface area contributed by atoms with Crippen molar-refractivity contribution in [3.63, 3.8) is 0 Å². The molecule has 1 aromatic carbocycles. The second-order valence-corrected chi connectivity index (χ2v) is 4.93. The lowest BCUT2D eigenvalue weighted by molar-refractivity contribution is -0.139. The second-order valence-electron chi connectivity index (χ2n) is 3.89. The van der Waals surface area contributed by atoms with E-state index in [2.05, 4.69) is 10.3 Å². The van der Waals surface area contributed by atoms with Gasteiger partial charge in [0.25, 0.3) is 0 Å². The molecule has 5 heteroatoms. The number of thiazole rings is 1. The zero-order valence-corrected chi connectivity index (χ0v) is 11.0. The number of hydrogen-bond acceptors (Lipinski definition) is 4. The van der Waals surface area contributed by atoms with Crippen LogP contribution in [0.1, 0.15) is 16.6 Å². The number of likely N-dealkylation sites (N-methyl/N-ethyl adjacent to an activating group) is 1. The maximum absolute atomic E-state index is 11.1. The van der Waals surface area contributed by atoms with E-state index in [-0.39, 0.29) is 0 Å². The molecule has 0 aliphatic carbocycles. The first kappa shape index (κ1) is 12.7. The Bertz CT molecular complexity index is 551. The number of aryl methyl sites for hydroxylation is 1. The highest BCUT2D eigenvalue weighted by molar-refractivity contribution is 7.15. The zero-order chi connectivity index (χ0) is 13.1. The lowest BCUT2D eigenvalue weighted by Crippen LogP contribution is -2.24. The van der Waals surface area contributed by atoms with E-state index in [4.69, 9.17) is 5.11 Å². The Hall–Kier alpha value is -1.72. The number of aromatic nitrogens is 1. The fourth-order valence-corrected chi connectivity index (χ4v) is 2.92. The van der Waals surface area contributed by atoms with E-state index >= 15 is 0 Å². The number of nitrogens with zero attached hydrogens (tertiary/aromatic N) is 1. The number of benzene rings is 1. The molecule has 0 radical (unpaired) electrons. The molecule has 0 amide bonds. The van der Waals surface area contributed by atoms with Gasteiger partial charge in [-0.25, -0.2) is 4.98 Å². The maximum Gasteiger partial charge on any atom is 0.326 e. The van der Waals surface area contributed by atoms with E-state index in [1.807, 2.05) is 37.3 Å². The molecule has 1 atom stereocenters. The molecule has 2 rings (SSSR count). The summed E-state index contributed by atoms with van der Waals surface area (Å²) in [5.41, 5.74) is 1.78. The first-order valence-electron chi connectivity index (χ1n) is 5.56. The molecular weight excluding hydrogens is 248 g/mol. The van der Waals surface area contributed by atoms with E-state index in [0.717, 1.165) is 21.1 Å². The van der Waals surface area contributed by atoms with Gasteiger partial charge in [-0.2, -0.15) is 0 Å². The summed E-state index contributed by atoms with van der Waals surface area (Å²) < 4.78 is 0. The third-order valence-electron chi connectivity index (χ3n) is 2.65. The van der Waals surface area contributed by atoms with Gasteiger partial charge in [0.15, 0.2) is 0 Å². The minimum absolute atomic E-state index is 0.694. The quantitative estimate of drug-likeness (QED) is 0.888. The molecule has 1 unspecified atom stereocenters. The average molecular weight is 262 g/mol. The zero-order valence-electron chi connectivity index (χ0n) is 10.2. The van der Waals surface area contributed by atoms with Crippen LogP contribution < -0.4 is 5.32 Å². The van der Waals surface area contributed by atoms with Gasteiger partial charge in [-0.05, 0) is 14.0 Å². The highest BCUT2D eigenvalue weighted by Gasteiger charge is 2.23. The van der Waals surface area contributed by atoms with Crippen LogP contribution in [0.4, 0.5) is 0 Å². The monoisotopic (exact) mass is 262 g/mol. The van der Waals surface area contributed by atoms with Crippen molar-refractivity contribution in [3.05, 3.63) is 40.9 Å². The van der Waals surface area contributed by atoms with E-state index in [0.29, 0.717) is 0 Å². The summed E-state index contributed by atoms with van der Waals surface area (Å²) in [7, 11) is 1.64. The maximum atomic E-state index is 11.1. The summed E-state index contributed by atoms with van der Waals surface area (Å²) in [5.74, 6) is -0.885. The molecule has 0 aliphatic rings. The fourth-order valence-electron chi connectivity index (χ4n) is 1.75. The minimum atomic E-state index is -0.885. The Labute approximate surface area is 109 Å². The Morgan fingerprint density at radius 2 is 2.06 bits per heavy atom. The number of rotatable bonds is 4. The molecule has 0 aliphatic heterocycles. The van der Waals surface area contributed by atoms with E-state index in [1.54, 1.807) is 7.05 Å². The van der Waals surface area contributed by atoms with Gasteiger partial charge in [0.05, 0.1) is 10.6 Å². The van der Waals surface area contributed by atoms with Crippen LogP contribution in [0.25, 0.3) is 10.6 Å². The Morgan fingerprint density at radius 3 is 2.61 bits per heavy atom. The number of hydrogen-bond donors (Lipinski definition) is 2. The van der Waals surface area contributed by atoms with E-state index in [9.17, 15) is 4.79 Å². The van der Waals surface area contributed by atoms with Crippen LogP contribution in [-0.2, 0) is 4.79 Å². The third-order valence-corrected chi connectivity index (χ3v) is 3.92. The minimum Gasteiger partial charge on any atom is -0.480 e. The van der Waals surface area contributed by atoms with Crippen LogP contribution >= 0.6 is 11.3 Å². The lowest BCUT2D eigenvalue weighted by Gasteiger charge is -2.08. The van der Waals surface area contributed by atoms with Gasteiger partial charge >= 0.3 is 5.97 Å². The number of carbonyl (C=O) groups is 1. The molecule has 1 heterocycles. The van der Waals surface area contributed by atoms with Crippen molar-refractivity contribution >= 4 is 17.3 Å².